The molecule has 0 spiro atoms. The molecule has 1 atom stereocenters. The summed E-state index contributed by atoms with van der Waals surface area (Å²) in [4.78, 5) is 10.6. The fourth-order valence-electron chi connectivity index (χ4n) is 1.06. The second-order valence-electron chi connectivity index (χ2n) is 2.46. The Bertz CT molecular complexity index is 186. The van der Waals surface area contributed by atoms with Crippen LogP contribution in [0.3, 0.4) is 0 Å². The molecule has 1 unspecified atom stereocenters. The summed E-state index contributed by atoms with van der Waals surface area (Å²) in [5.41, 5.74) is -0.931. The quantitative estimate of drug-likeness (QED) is 0.490. The van der Waals surface area contributed by atoms with Crippen molar-refractivity contribution in [2.45, 2.75) is 6.42 Å². The van der Waals surface area contributed by atoms with E-state index in [-0.39, 0.29) is 0 Å². The maximum absolute atomic E-state index is 10.6. The molecule has 1 saturated heterocycles. The maximum atomic E-state index is 10.6. The Morgan fingerprint density at radius 2 is 2.50 bits per heavy atom. The van der Waals surface area contributed by atoms with Crippen LogP contribution in [0, 0.1) is 17.8 Å². The van der Waals surface area contributed by atoms with Gasteiger partial charge in [0, 0.05) is 6.54 Å². The van der Waals surface area contributed by atoms with Crippen LogP contribution in [0.5, 0.6) is 0 Å². The van der Waals surface area contributed by atoms with E-state index >= 15 is 0 Å². The minimum atomic E-state index is -0.931. The topological polar surface area (TPSA) is 49.3 Å². The Labute approximate surface area is 59.4 Å². The maximum Gasteiger partial charge on any atom is 0.323 e. The summed E-state index contributed by atoms with van der Waals surface area (Å²) in [6.45, 7) is 1.11. The number of aliphatic carboxylic acids is 1. The summed E-state index contributed by atoms with van der Waals surface area (Å²) in [6.07, 6.45) is 5.64. The van der Waals surface area contributed by atoms with Crippen LogP contribution >= 0.6 is 0 Å². The molecule has 10 heavy (non-hydrogen) atoms. The van der Waals surface area contributed by atoms with Crippen molar-refractivity contribution >= 4 is 5.97 Å². The molecule has 0 amide bonds. The molecule has 3 nitrogen and oxygen atoms in total. The van der Waals surface area contributed by atoms with Crippen molar-refractivity contribution in [2.75, 3.05) is 13.1 Å². The first-order valence-corrected chi connectivity index (χ1v) is 3.13. The third-order valence-electron chi connectivity index (χ3n) is 1.84. The van der Waals surface area contributed by atoms with Gasteiger partial charge in [0.15, 0.2) is 0 Å². The third-order valence-corrected chi connectivity index (χ3v) is 1.84. The zero-order chi connectivity index (χ0) is 7.61. The number of carbonyl (C=O) groups is 1. The van der Waals surface area contributed by atoms with E-state index in [1.165, 1.54) is 0 Å². The number of carboxylic acids is 1. The van der Waals surface area contributed by atoms with Crippen molar-refractivity contribution in [1.82, 2.24) is 5.32 Å². The van der Waals surface area contributed by atoms with Crippen LogP contribution in [-0.4, -0.2) is 24.2 Å². The van der Waals surface area contributed by atoms with Gasteiger partial charge in [-0.05, 0) is 13.0 Å². The van der Waals surface area contributed by atoms with Crippen LogP contribution in [-0.2, 0) is 4.79 Å². The Balaban J connectivity index is 2.80. The summed E-state index contributed by atoms with van der Waals surface area (Å²) >= 11 is 0. The number of nitrogens with one attached hydrogen (secondary N) is 1. The average molecular weight is 139 g/mol. The van der Waals surface area contributed by atoms with Crippen molar-refractivity contribution in [3.8, 4) is 12.3 Å². The highest BCUT2D eigenvalue weighted by Crippen LogP contribution is 2.23. The second kappa shape index (κ2) is 2.31. The van der Waals surface area contributed by atoms with Gasteiger partial charge < -0.3 is 10.4 Å². The lowest BCUT2D eigenvalue weighted by Crippen LogP contribution is -2.31. The molecule has 0 radical (unpaired) electrons. The minimum absolute atomic E-state index is 0.402. The van der Waals surface area contributed by atoms with E-state index in [1.54, 1.807) is 0 Å². The van der Waals surface area contributed by atoms with E-state index in [1.807, 2.05) is 0 Å². The molecule has 0 aromatic heterocycles. The highest BCUT2D eigenvalue weighted by atomic mass is 16.4. The van der Waals surface area contributed by atoms with Crippen LogP contribution in [0.15, 0.2) is 0 Å². The standard InChI is InChI=1S/C7H9NO2/c1-2-7(6(9)10)3-4-8-5-7/h1,8H,3-5H2,(H,9,10). The lowest BCUT2D eigenvalue weighted by molar-refractivity contribution is -0.144. The van der Waals surface area contributed by atoms with Gasteiger partial charge in [0.2, 0.25) is 0 Å². The van der Waals surface area contributed by atoms with Gasteiger partial charge in [0.25, 0.3) is 0 Å². The zero-order valence-corrected chi connectivity index (χ0v) is 5.55. The van der Waals surface area contributed by atoms with Gasteiger partial charge >= 0.3 is 5.97 Å². The molecular weight excluding hydrogens is 130 g/mol. The van der Waals surface area contributed by atoms with Gasteiger partial charge in [0.05, 0.1) is 0 Å². The van der Waals surface area contributed by atoms with E-state index in [9.17, 15) is 4.79 Å². The number of hydrogen-bond donors (Lipinski definition) is 2. The van der Waals surface area contributed by atoms with Crippen LogP contribution in [0.2, 0.25) is 0 Å². The molecule has 1 rings (SSSR count). The predicted molar refractivity (Wildman–Crippen MR) is 36.4 cm³/mol. The zero-order valence-electron chi connectivity index (χ0n) is 5.55. The van der Waals surface area contributed by atoms with Crippen LogP contribution in [0.4, 0.5) is 0 Å². The van der Waals surface area contributed by atoms with E-state index in [0.29, 0.717) is 19.5 Å². The number of terminal acetylenes is 1. The first kappa shape index (κ1) is 7.10. The average Bonchev–Trinajstić information content (AvgIpc) is 2.35. The summed E-state index contributed by atoms with van der Waals surface area (Å²) in [5, 5.41) is 11.6. The molecule has 2 N–H and O–H groups in total. The molecule has 1 heterocycles. The highest BCUT2D eigenvalue weighted by Gasteiger charge is 2.39. The van der Waals surface area contributed by atoms with Crippen molar-refractivity contribution in [2.24, 2.45) is 5.41 Å². The normalized spacial score (nSPS) is 31.5. The first-order chi connectivity index (χ1) is 4.71. The van der Waals surface area contributed by atoms with Gasteiger partial charge in [-0.25, -0.2) is 0 Å². The molecule has 1 aliphatic rings. The van der Waals surface area contributed by atoms with Crippen molar-refractivity contribution in [3.05, 3.63) is 0 Å². The van der Waals surface area contributed by atoms with E-state index in [2.05, 4.69) is 11.2 Å². The van der Waals surface area contributed by atoms with Gasteiger partial charge in [-0.3, -0.25) is 4.79 Å². The predicted octanol–water partition coefficient (Wildman–Crippen LogP) is -0.316. The van der Waals surface area contributed by atoms with Crippen LogP contribution < -0.4 is 5.32 Å². The molecule has 1 aliphatic heterocycles. The molecular formula is C7H9NO2. The summed E-state index contributed by atoms with van der Waals surface area (Å²) in [5.74, 6) is 1.43. The molecule has 0 saturated carbocycles. The van der Waals surface area contributed by atoms with Gasteiger partial charge in [-0.15, -0.1) is 6.42 Å². The van der Waals surface area contributed by atoms with E-state index in [4.69, 9.17) is 11.5 Å². The number of hydrogen-bond acceptors (Lipinski definition) is 2. The molecule has 54 valence electrons. The summed E-state index contributed by atoms with van der Waals surface area (Å²) in [6, 6.07) is 0. The fraction of sp³-hybridized carbons (Fsp3) is 0.571. The minimum Gasteiger partial charge on any atom is -0.480 e. The first-order valence-electron chi connectivity index (χ1n) is 3.13. The second-order valence-corrected chi connectivity index (χ2v) is 2.46. The van der Waals surface area contributed by atoms with Crippen molar-refractivity contribution < 1.29 is 9.90 Å². The number of rotatable bonds is 1. The van der Waals surface area contributed by atoms with E-state index in [0.717, 1.165) is 0 Å². The van der Waals surface area contributed by atoms with Crippen molar-refractivity contribution in [1.29, 1.82) is 0 Å². The molecule has 0 aliphatic carbocycles. The lowest BCUT2D eigenvalue weighted by atomic mass is 9.89. The van der Waals surface area contributed by atoms with Crippen molar-refractivity contribution in [3.63, 3.8) is 0 Å². The van der Waals surface area contributed by atoms with E-state index < -0.39 is 11.4 Å². The monoisotopic (exact) mass is 139 g/mol. The third kappa shape index (κ3) is 0.869. The van der Waals surface area contributed by atoms with Crippen LogP contribution in [0.1, 0.15) is 6.42 Å². The smallest absolute Gasteiger partial charge is 0.323 e. The molecule has 0 aromatic carbocycles. The summed E-state index contributed by atoms with van der Waals surface area (Å²) in [7, 11) is 0. The Kier molecular flexibility index (Phi) is 1.64. The molecule has 0 bridgehead atoms. The largest absolute Gasteiger partial charge is 0.480 e. The molecule has 0 aromatic rings. The summed E-state index contributed by atoms with van der Waals surface area (Å²) < 4.78 is 0. The molecule has 1 fully saturated rings. The van der Waals surface area contributed by atoms with Gasteiger partial charge in [0.1, 0.15) is 5.41 Å². The Morgan fingerprint density at radius 1 is 1.80 bits per heavy atom. The molecule has 3 heteroatoms. The van der Waals surface area contributed by atoms with Crippen LogP contribution in [0.25, 0.3) is 0 Å². The Morgan fingerprint density at radius 3 is 2.70 bits per heavy atom. The van der Waals surface area contributed by atoms with Gasteiger partial charge in [-0.2, -0.15) is 0 Å². The Hall–Kier alpha value is -1.01. The number of carboxylic acid groups (broad SMARTS) is 1. The SMILES string of the molecule is C#CC1(C(=O)O)CCNC1. The lowest BCUT2D eigenvalue weighted by Gasteiger charge is -2.13. The van der Waals surface area contributed by atoms with Gasteiger partial charge in [-0.1, -0.05) is 5.92 Å². The fourth-order valence-corrected chi connectivity index (χ4v) is 1.06. The highest BCUT2D eigenvalue weighted by molar-refractivity contribution is 5.79.